The Labute approximate surface area is 167 Å². The zero-order valence-electron chi connectivity index (χ0n) is 15.9. The van der Waals surface area contributed by atoms with Gasteiger partial charge in [0.1, 0.15) is 12.3 Å². The topological polar surface area (TPSA) is 53.8 Å². The van der Waals surface area contributed by atoms with Crippen LogP contribution in [0.5, 0.6) is 0 Å². The number of ketones is 1. The first kappa shape index (κ1) is 21.1. The molecule has 1 saturated heterocycles. The van der Waals surface area contributed by atoms with Gasteiger partial charge in [-0.15, -0.1) is 0 Å². The van der Waals surface area contributed by atoms with Crippen molar-refractivity contribution in [3.8, 4) is 0 Å². The number of benzene rings is 1. The molecule has 1 aromatic carbocycles. The first-order valence-corrected chi connectivity index (χ1v) is 9.50. The van der Waals surface area contributed by atoms with E-state index in [0.717, 1.165) is 4.90 Å². The number of Topliss-reactive ketones (excluding diaryl/α,β-unsaturated/α-hetero) is 1. The van der Waals surface area contributed by atoms with Gasteiger partial charge in [-0.3, -0.25) is 14.5 Å². The zero-order chi connectivity index (χ0) is 20.9. The van der Waals surface area contributed by atoms with Gasteiger partial charge in [-0.05, 0) is 38.1 Å². The van der Waals surface area contributed by atoms with Crippen molar-refractivity contribution < 1.29 is 27.2 Å². The summed E-state index contributed by atoms with van der Waals surface area (Å²) < 4.78 is 43.8. The maximum absolute atomic E-state index is 12.9. The minimum Gasteiger partial charge on any atom is -0.467 e. The molecular weight excluding hydrogens is 385 g/mol. The highest BCUT2D eigenvalue weighted by Crippen LogP contribution is 2.23. The molecule has 0 radical (unpaired) electrons. The van der Waals surface area contributed by atoms with Crippen LogP contribution in [0.1, 0.15) is 29.0 Å². The van der Waals surface area contributed by atoms with E-state index in [4.69, 9.17) is 4.42 Å². The van der Waals surface area contributed by atoms with Crippen LogP contribution in [0.3, 0.4) is 0 Å². The third kappa shape index (κ3) is 6.19. The molecule has 1 fully saturated rings. The molecule has 1 amide bonds. The van der Waals surface area contributed by atoms with Crippen LogP contribution in [-0.2, 0) is 11.3 Å². The van der Waals surface area contributed by atoms with Gasteiger partial charge in [-0.2, -0.15) is 13.2 Å². The number of alkyl halides is 3. The van der Waals surface area contributed by atoms with Crippen molar-refractivity contribution in [2.24, 2.45) is 5.92 Å². The molecule has 0 spiro atoms. The highest BCUT2D eigenvalue weighted by atomic mass is 19.4. The van der Waals surface area contributed by atoms with Crippen LogP contribution in [0.4, 0.5) is 13.2 Å². The van der Waals surface area contributed by atoms with Crippen LogP contribution in [-0.4, -0.2) is 53.8 Å². The van der Waals surface area contributed by atoms with Crippen molar-refractivity contribution in [2.45, 2.75) is 25.6 Å². The molecular formula is C21H23F3N2O3. The van der Waals surface area contributed by atoms with E-state index in [-0.39, 0.29) is 24.8 Å². The predicted octanol–water partition coefficient (Wildman–Crippen LogP) is 3.77. The minimum absolute atomic E-state index is 0.0769. The molecule has 0 N–H and O–H groups in total. The number of piperidine rings is 1. The second-order valence-corrected chi connectivity index (χ2v) is 7.23. The summed E-state index contributed by atoms with van der Waals surface area (Å²) in [6.07, 6.45) is -1.96. The minimum atomic E-state index is -4.49. The number of hydrogen-bond acceptors (Lipinski definition) is 4. The monoisotopic (exact) mass is 408 g/mol. The number of furan rings is 1. The Balaban J connectivity index is 1.54. The van der Waals surface area contributed by atoms with Crippen molar-refractivity contribution in [3.63, 3.8) is 0 Å². The zero-order valence-corrected chi connectivity index (χ0v) is 15.9. The molecule has 1 aromatic heterocycles. The van der Waals surface area contributed by atoms with Gasteiger partial charge >= 0.3 is 6.18 Å². The molecule has 156 valence electrons. The fourth-order valence-electron chi connectivity index (χ4n) is 3.52. The van der Waals surface area contributed by atoms with Crippen LogP contribution in [0.15, 0.2) is 53.1 Å². The molecule has 29 heavy (non-hydrogen) atoms. The Bertz CT molecular complexity index is 798. The van der Waals surface area contributed by atoms with Gasteiger partial charge in [0.15, 0.2) is 5.78 Å². The Morgan fingerprint density at radius 3 is 2.34 bits per heavy atom. The van der Waals surface area contributed by atoms with Crippen molar-refractivity contribution in [1.29, 1.82) is 0 Å². The second-order valence-electron chi connectivity index (χ2n) is 7.23. The van der Waals surface area contributed by atoms with Crippen LogP contribution in [0.2, 0.25) is 0 Å². The Morgan fingerprint density at radius 1 is 1.07 bits per heavy atom. The molecule has 0 atom stereocenters. The molecule has 2 heterocycles. The largest absolute Gasteiger partial charge is 0.467 e. The standard InChI is InChI=1S/C21H23F3N2O3/c22-21(23,24)15-26(13-18-7-4-12-29-18)19(27)14-25-10-8-17(9-11-25)20(28)16-5-2-1-3-6-16/h1-7,12,17H,8-11,13-15H2. The molecule has 0 aliphatic carbocycles. The van der Waals surface area contributed by atoms with Crippen LogP contribution in [0.25, 0.3) is 0 Å². The summed E-state index contributed by atoms with van der Waals surface area (Å²) in [6.45, 7) is -0.669. The molecule has 8 heteroatoms. The summed E-state index contributed by atoms with van der Waals surface area (Å²) in [5.74, 6) is -0.354. The third-order valence-corrected chi connectivity index (χ3v) is 5.03. The van der Waals surface area contributed by atoms with Crippen LogP contribution < -0.4 is 0 Å². The smallest absolute Gasteiger partial charge is 0.406 e. The van der Waals surface area contributed by atoms with Crippen molar-refractivity contribution >= 4 is 11.7 Å². The molecule has 0 saturated carbocycles. The Hall–Kier alpha value is -2.61. The number of hydrogen-bond donors (Lipinski definition) is 0. The molecule has 1 aliphatic rings. The fraction of sp³-hybridized carbons (Fsp3) is 0.429. The van der Waals surface area contributed by atoms with Crippen molar-refractivity contribution in [2.75, 3.05) is 26.2 Å². The fourth-order valence-corrected chi connectivity index (χ4v) is 3.52. The summed E-state index contributed by atoms with van der Waals surface area (Å²) >= 11 is 0. The first-order chi connectivity index (χ1) is 13.8. The van der Waals surface area contributed by atoms with Crippen molar-refractivity contribution in [1.82, 2.24) is 9.80 Å². The van der Waals surface area contributed by atoms with E-state index in [1.54, 1.807) is 18.2 Å². The summed E-state index contributed by atoms with van der Waals surface area (Å²) in [7, 11) is 0. The lowest BCUT2D eigenvalue weighted by Gasteiger charge is -2.32. The number of amides is 1. The average Bonchev–Trinajstić information content (AvgIpc) is 3.20. The van der Waals surface area contributed by atoms with E-state index >= 15 is 0 Å². The summed E-state index contributed by atoms with van der Waals surface area (Å²) in [5, 5.41) is 0. The molecule has 0 unspecified atom stereocenters. The van der Waals surface area contributed by atoms with E-state index in [1.165, 1.54) is 12.3 Å². The van der Waals surface area contributed by atoms with Gasteiger partial charge in [0.05, 0.1) is 19.4 Å². The van der Waals surface area contributed by atoms with E-state index < -0.39 is 18.6 Å². The predicted molar refractivity (Wildman–Crippen MR) is 100 cm³/mol. The lowest BCUT2D eigenvalue weighted by Crippen LogP contribution is -2.46. The van der Waals surface area contributed by atoms with Gasteiger partial charge in [0.2, 0.25) is 5.91 Å². The number of carbonyl (C=O) groups excluding carboxylic acids is 2. The van der Waals surface area contributed by atoms with Gasteiger partial charge in [0, 0.05) is 11.5 Å². The molecule has 3 rings (SSSR count). The molecule has 5 nitrogen and oxygen atoms in total. The van der Waals surface area contributed by atoms with E-state index in [2.05, 4.69) is 0 Å². The maximum Gasteiger partial charge on any atom is 0.406 e. The average molecular weight is 408 g/mol. The second kappa shape index (κ2) is 9.26. The van der Waals surface area contributed by atoms with Gasteiger partial charge in [-0.1, -0.05) is 30.3 Å². The normalized spacial score (nSPS) is 16.0. The third-order valence-electron chi connectivity index (χ3n) is 5.03. The quantitative estimate of drug-likeness (QED) is 0.655. The summed E-state index contributed by atoms with van der Waals surface area (Å²) in [5.41, 5.74) is 0.664. The Kier molecular flexibility index (Phi) is 6.74. The van der Waals surface area contributed by atoms with E-state index in [1.807, 2.05) is 23.1 Å². The number of carbonyl (C=O) groups is 2. The first-order valence-electron chi connectivity index (χ1n) is 9.50. The van der Waals surface area contributed by atoms with Crippen LogP contribution in [0, 0.1) is 5.92 Å². The Morgan fingerprint density at radius 2 is 1.76 bits per heavy atom. The van der Waals surface area contributed by atoms with Crippen molar-refractivity contribution in [3.05, 3.63) is 60.1 Å². The van der Waals surface area contributed by atoms with Gasteiger partial charge in [0.25, 0.3) is 0 Å². The SMILES string of the molecule is O=C(c1ccccc1)C1CCN(CC(=O)N(Cc2ccco2)CC(F)(F)F)CC1. The van der Waals surface area contributed by atoms with Gasteiger partial charge < -0.3 is 9.32 Å². The summed E-state index contributed by atoms with van der Waals surface area (Å²) in [4.78, 5) is 27.6. The number of nitrogens with zero attached hydrogens (tertiary/aromatic N) is 2. The highest BCUT2D eigenvalue weighted by molar-refractivity contribution is 5.97. The van der Waals surface area contributed by atoms with Gasteiger partial charge in [-0.25, -0.2) is 0 Å². The number of halogens is 3. The van der Waals surface area contributed by atoms with E-state index in [9.17, 15) is 22.8 Å². The van der Waals surface area contributed by atoms with E-state index in [0.29, 0.717) is 37.3 Å². The number of likely N-dealkylation sites (tertiary alicyclic amines) is 1. The highest BCUT2D eigenvalue weighted by Gasteiger charge is 2.34. The summed E-state index contributed by atoms with van der Waals surface area (Å²) in [6, 6.07) is 12.1. The molecule has 2 aromatic rings. The van der Waals surface area contributed by atoms with Crippen LogP contribution >= 0.6 is 0 Å². The molecule has 0 bridgehead atoms. The lowest BCUT2D eigenvalue weighted by atomic mass is 9.89. The lowest BCUT2D eigenvalue weighted by molar-refractivity contribution is -0.163. The maximum atomic E-state index is 12.9. The number of rotatable bonds is 7. The molecule has 1 aliphatic heterocycles.